The molecule has 0 heterocycles. The molecule has 7 heteroatoms. The van der Waals surface area contributed by atoms with Crippen LogP contribution in [0.5, 0.6) is 5.75 Å². The molecule has 1 amide bonds. The van der Waals surface area contributed by atoms with E-state index in [4.69, 9.17) is 4.74 Å². The van der Waals surface area contributed by atoms with E-state index in [1.54, 1.807) is 43.5 Å². The van der Waals surface area contributed by atoms with Crippen molar-refractivity contribution in [3.05, 3.63) is 89.5 Å². The van der Waals surface area contributed by atoms with Gasteiger partial charge in [-0.3, -0.25) is 9.10 Å². The van der Waals surface area contributed by atoms with Crippen LogP contribution >= 0.6 is 0 Å². The molecule has 3 aromatic rings. The van der Waals surface area contributed by atoms with Crippen LogP contribution in [-0.2, 0) is 14.8 Å². The van der Waals surface area contributed by atoms with Gasteiger partial charge in [-0.15, -0.1) is 0 Å². The number of amides is 1. The molecule has 0 radical (unpaired) electrons. The lowest BCUT2D eigenvalue weighted by atomic mass is 9.97. The van der Waals surface area contributed by atoms with Gasteiger partial charge in [-0.25, -0.2) is 8.42 Å². The van der Waals surface area contributed by atoms with E-state index in [-0.39, 0.29) is 23.4 Å². The molecule has 0 unspecified atom stereocenters. The Bertz CT molecular complexity index is 1240. The van der Waals surface area contributed by atoms with E-state index in [2.05, 4.69) is 19.2 Å². The third-order valence-electron chi connectivity index (χ3n) is 5.80. The summed E-state index contributed by atoms with van der Waals surface area (Å²) in [5.41, 5.74) is 3.23. The van der Waals surface area contributed by atoms with Crippen molar-refractivity contribution < 1.29 is 17.9 Å². The molecule has 0 aromatic heterocycles. The van der Waals surface area contributed by atoms with Crippen LogP contribution < -0.4 is 14.4 Å². The summed E-state index contributed by atoms with van der Waals surface area (Å²) in [4.78, 5) is 13.5. The number of hydrogen-bond acceptors (Lipinski definition) is 4. The summed E-state index contributed by atoms with van der Waals surface area (Å²) in [7, 11) is -2.35. The van der Waals surface area contributed by atoms with Crippen molar-refractivity contribution in [2.24, 2.45) is 5.92 Å². The first-order valence-electron chi connectivity index (χ1n) is 11.7. The molecule has 3 rings (SSSR count). The summed E-state index contributed by atoms with van der Waals surface area (Å²) >= 11 is 0. The van der Waals surface area contributed by atoms with E-state index in [0.717, 1.165) is 22.4 Å². The molecule has 0 saturated carbocycles. The van der Waals surface area contributed by atoms with Crippen molar-refractivity contribution in [3.63, 3.8) is 0 Å². The Morgan fingerprint density at radius 1 is 0.971 bits per heavy atom. The summed E-state index contributed by atoms with van der Waals surface area (Å²) in [6.07, 6.45) is 0.715. The minimum atomic E-state index is -3.96. The maximum absolute atomic E-state index is 13.6. The van der Waals surface area contributed by atoms with Crippen molar-refractivity contribution in [2.75, 3.05) is 18.0 Å². The van der Waals surface area contributed by atoms with Gasteiger partial charge in [-0.2, -0.15) is 0 Å². The molecule has 0 aliphatic rings. The first kappa shape index (κ1) is 26.3. The van der Waals surface area contributed by atoms with Crippen LogP contribution in [-0.4, -0.2) is 28.0 Å². The number of nitrogens with one attached hydrogen (secondary N) is 1. The third-order valence-corrected chi connectivity index (χ3v) is 7.57. The number of methoxy groups -OCH3 is 1. The zero-order valence-electron chi connectivity index (χ0n) is 21.0. The highest BCUT2D eigenvalue weighted by molar-refractivity contribution is 7.92. The van der Waals surface area contributed by atoms with Crippen LogP contribution in [0, 0.1) is 19.8 Å². The lowest BCUT2D eigenvalue weighted by Crippen LogP contribution is -2.42. The van der Waals surface area contributed by atoms with Gasteiger partial charge < -0.3 is 10.1 Å². The second kappa shape index (κ2) is 11.4. The fourth-order valence-corrected chi connectivity index (χ4v) is 5.57. The van der Waals surface area contributed by atoms with Gasteiger partial charge in [0, 0.05) is 0 Å². The molecule has 186 valence electrons. The molecule has 0 fully saturated rings. The second-order valence-electron chi connectivity index (χ2n) is 9.14. The molecule has 0 bridgehead atoms. The average Bonchev–Trinajstić information content (AvgIpc) is 2.83. The first-order valence-corrected chi connectivity index (χ1v) is 13.1. The van der Waals surface area contributed by atoms with E-state index in [1.807, 2.05) is 50.2 Å². The topological polar surface area (TPSA) is 75.7 Å². The monoisotopic (exact) mass is 494 g/mol. The number of benzene rings is 3. The number of carbonyl (C=O) groups excluding carboxylic acids is 1. The SMILES string of the molecule is COc1ccc([C@@H](CC(C)C)NC(=O)CN(c2ccc(C)cc2C)S(=O)(=O)c2ccccc2)cc1. The molecule has 1 N–H and O–H groups in total. The molecule has 35 heavy (non-hydrogen) atoms. The van der Waals surface area contributed by atoms with Crippen molar-refractivity contribution in [1.82, 2.24) is 5.32 Å². The normalized spacial score (nSPS) is 12.3. The minimum Gasteiger partial charge on any atom is -0.497 e. The zero-order chi connectivity index (χ0) is 25.6. The number of aryl methyl sites for hydroxylation is 2. The minimum absolute atomic E-state index is 0.140. The Hall–Kier alpha value is -3.32. The number of nitrogens with zero attached hydrogens (tertiary/aromatic N) is 1. The first-order chi connectivity index (χ1) is 16.6. The molecule has 0 spiro atoms. The molecule has 0 aliphatic carbocycles. The summed E-state index contributed by atoms with van der Waals surface area (Å²) in [6, 6.07) is 21.0. The number of sulfonamides is 1. The summed E-state index contributed by atoms with van der Waals surface area (Å²) in [5, 5.41) is 3.07. The van der Waals surface area contributed by atoms with Gasteiger partial charge in [0.15, 0.2) is 0 Å². The molecule has 1 atom stereocenters. The Morgan fingerprint density at radius 2 is 1.63 bits per heavy atom. The molecular formula is C28H34N2O4S. The Kier molecular flexibility index (Phi) is 8.57. The van der Waals surface area contributed by atoms with Crippen LogP contribution in [0.4, 0.5) is 5.69 Å². The predicted molar refractivity (Wildman–Crippen MR) is 140 cm³/mol. The fourth-order valence-electron chi connectivity index (χ4n) is 4.06. The van der Waals surface area contributed by atoms with Gasteiger partial charge in [-0.1, -0.05) is 61.9 Å². The van der Waals surface area contributed by atoms with Gasteiger partial charge in [0.2, 0.25) is 5.91 Å². The van der Waals surface area contributed by atoms with E-state index in [0.29, 0.717) is 18.0 Å². The highest BCUT2D eigenvalue weighted by atomic mass is 32.2. The summed E-state index contributed by atoms with van der Waals surface area (Å²) in [5.74, 6) is 0.690. The summed E-state index contributed by atoms with van der Waals surface area (Å²) < 4.78 is 33.7. The largest absolute Gasteiger partial charge is 0.497 e. The maximum atomic E-state index is 13.6. The smallest absolute Gasteiger partial charge is 0.264 e. The third kappa shape index (κ3) is 6.63. The van der Waals surface area contributed by atoms with Gasteiger partial charge in [-0.05, 0) is 67.6 Å². The summed E-state index contributed by atoms with van der Waals surface area (Å²) in [6.45, 7) is 7.65. The zero-order valence-corrected chi connectivity index (χ0v) is 21.8. The van der Waals surface area contributed by atoms with Crippen molar-refractivity contribution in [3.8, 4) is 5.75 Å². The van der Waals surface area contributed by atoms with Gasteiger partial charge in [0.05, 0.1) is 23.7 Å². The lowest BCUT2D eigenvalue weighted by molar-refractivity contribution is -0.120. The van der Waals surface area contributed by atoms with Crippen molar-refractivity contribution in [2.45, 2.75) is 45.1 Å². The maximum Gasteiger partial charge on any atom is 0.264 e. The van der Waals surface area contributed by atoms with Crippen LogP contribution in [0.1, 0.15) is 43.0 Å². The van der Waals surface area contributed by atoms with E-state index >= 15 is 0 Å². The van der Waals surface area contributed by atoms with Crippen LogP contribution in [0.25, 0.3) is 0 Å². The number of carbonyl (C=O) groups is 1. The molecule has 0 aliphatic heterocycles. The number of ether oxygens (including phenoxy) is 1. The van der Waals surface area contributed by atoms with Crippen molar-refractivity contribution in [1.29, 1.82) is 0 Å². The van der Waals surface area contributed by atoms with Crippen LogP contribution in [0.2, 0.25) is 0 Å². The molecular weight excluding hydrogens is 460 g/mol. The van der Waals surface area contributed by atoms with E-state index in [1.165, 1.54) is 4.31 Å². The lowest BCUT2D eigenvalue weighted by Gasteiger charge is -2.28. The standard InChI is InChI=1S/C28H34N2O4S/c1-20(2)17-26(23-12-14-24(34-5)15-13-23)29-28(31)19-30(27-16-11-21(3)18-22(27)4)35(32,33)25-9-7-6-8-10-25/h6-16,18,20,26H,17,19H2,1-5H3,(H,29,31)/t26-/m1/s1. The average molecular weight is 495 g/mol. The Labute approximate surface area is 209 Å². The van der Waals surface area contributed by atoms with E-state index in [9.17, 15) is 13.2 Å². The second-order valence-corrected chi connectivity index (χ2v) is 11.0. The van der Waals surface area contributed by atoms with E-state index < -0.39 is 10.0 Å². The number of anilines is 1. The van der Waals surface area contributed by atoms with Crippen LogP contribution in [0.3, 0.4) is 0 Å². The van der Waals surface area contributed by atoms with Gasteiger partial charge in [0.1, 0.15) is 12.3 Å². The molecule has 0 saturated heterocycles. The Balaban J connectivity index is 1.94. The predicted octanol–water partition coefficient (Wildman–Crippen LogP) is 5.41. The van der Waals surface area contributed by atoms with Crippen molar-refractivity contribution >= 4 is 21.6 Å². The molecule has 3 aromatic carbocycles. The fraction of sp³-hybridized carbons (Fsp3) is 0.321. The Morgan fingerprint density at radius 3 is 2.20 bits per heavy atom. The number of rotatable bonds is 10. The van der Waals surface area contributed by atoms with Gasteiger partial charge in [0.25, 0.3) is 10.0 Å². The molecule has 6 nitrogen and oxygen atoms in total. The quantitative estimate of drug-likeness (QED) is 0.409. The van der Waals surface area contributed by atoms with Gasteiger partial charge >= 0.3 is 0 Å². The number of hydrogen-bond donors (Lipinski definition) is 1. The highest BCUT2D eigenvalue weighted by Crippen LogP contribution is 2.28. The van der Waals surface area contributed by atoms with Crippen LogP contribution in [0.15, 0.2) is 77.7 Å². The highest BCUT2D eigenvalue weighted by Gasteiger charge is 2.29.